The number of nitrogens with zero attached hydrogens (tertiary/aromatic N) is 4. The van der Waals surface area contributed by atoms with Crippen LogP contribution in [0.1, 0.15) is 55.5 Å². The molecule has 142 valence electrons. The maximum Gasteiger partial charge on any atom is 0.230 e. The van der Waals surface area contributed by atoms with Crippen molar-refractivity contribution in [3.8, 4) is 0 Å². The SMILES string of the molecule is Cc1ccc(C)c(NC(=O)C23CC4CC(C2)CC(n2nnc(C)n2)(C4)C3)c1. The molecule has 1 aromatic heterocycles. The van der Waals surface area contributed by atoms with Gasteiger partial charge in [0.25, 0.3) is 0 Å². The summed E-state index contributed by atoms with van der Waals surface area (Å²) in [6.07, 6.45) is 6.23. The lowest BCUT2D eigenvalue weighted by molar-refractivity contribution is -0.152. The lowest BCUT2D eigenvalue weighted by Crippen LogP contribution is -2.60. The molecule has 1 N–H and O–H groups in total. The van der Waals surface area contributed by atoms with Gasteiger partial charge in [0.1, 0.15) is 0 Å². The molecule has 0 saturated heterocycles. The zero-order valence-corrected chi connectivity index (χ0v) is 16.3. The maximum atomic E-state index is 13.5. The molecule has 0 aliphatic heterocycles. The average Bonchev–Trinajstić information content (AvgIpc) is 3.04. The molecule has 6 rings (SSSR count). The van der Waals surface area contributed by atoms with E-state index in [1.165, 1.54) is 12.0 Å². The first-order valence-corrected chi connectivity index (χ1v) is 10.0. The van der Waals surface area contributed by atoms with Crippen molar-refractivity contribution in [2.24, 2.45) is 17.3 Å². The van der Waals surface area contributed by atoms with Crippen molar-refractivity contribution < 1.29 is 4.79 Å². The van der Waals surface area contributed by atoms with Crippen LogP contribution in [0, 0.1) is 38.0 Å². The molecule has 1 amide bonds. The van der Waals surface area contributed by atoms with Gasteiger partial charge in [-0.2, -0.15) is 4.80 Å². The molecule has 0 spiro atoms. The highest BCUT2D eigenvalue weighted by atomic mass is 16.2. The van der Waals surface area contributed by atoms with Gasteiger partial charge < -0.3 is 5.32 Å². The van der Waals surface area contributed by atoms with E-state index in [1.807, 2.05) is 11.7 Å². The van der Waals surface area contributed by atoms with Crippen molar-refractivity contribution >= 4 is 11.6 Å². The van der Waals surface area contributed by atoms with Gasteiger partial charge in [0.05, 0.1) is 11.0 Å². The quantitative estimate of drug-likeness (QED) is 0.903. The zero-order valence-electron chi connectivity index (χ0n) is 16.3. The number of hydrogen-bond acceptors (Lipinski definition) is 4. The van der Waals surface area contributed by atoms with Gasteiger partial charge in [-0.1, -0.05) is 12.1 Å². The van der Waals surface area contributed by atoms with Crippen molar-refractivity contribution in [3.05, 3.63) is 35.2 Å². The van der Waals surface area contributed by atoms with Gasteiger partial charge in [-0.15, -0.1) is 10.2 Å². The number of nitrogens with one attached hydrogen (secondary N) is 1. The Bertz CT molecular complexity index is 903. The van der Waals surface area contributed by atoms with Gasteiger partial charge >= 0.3 is 0 Å². The number of amides is 1. The van der Waals surface area contributed by atoms with Crippen LogP contribution < -0.4 is 5.32 Å². The number of carbonyl (C=O) groups excluding carboxylic acids is 1. The third-order valence-corrected chi connectivity index (χ3v) is 7.09. The Labute approximate surface area is 159 Å². The number of anilines is 1. The van der Waals surface area contributed by atoms with Crippen molar-refractivity contribution in [3.63, 3.8) is 0 Å². The van der Waals surface area contributed by atoms with Crippen LogP contribution in [0.4, 0.5) is 5.69 Å². The first-order valence-electron chi connectivity index (χ1n) is 10.0. The van der Waals surface area contributed by atoms with Crippen LogP contribution in [-0.4, -0.2) is 26.1 Å². The molecule has 1 heterocycles. The van der Waals surface area contributed by atoms with Crippen molar-refractivity contribution in [2.75, 3.05) is 5.32 Å². The molecule has 27 heavy (non-hydrogen) atoms. The summed E-state index contributed by atoms with van der Waals surface area (Å²) in [5.41, 5.74) is 2.79. The summed E-state index contributed by atoms with van der Waals surface area (Å²) in [6, 6.07) is 6.24. The predicted molar refractivity (Wildman–Crippen MR) is 102 cm³/mol. The molecule has 6 nitrogen and oxygen atoms in total. The molecule has 2 atom stereocenters. The average molecular weight is 365 g/mol. The Morgan fingerprint density at radius 2 is 1.89 bits per heavy atom. The lowest BCUT2D eigenvalue weighted by Gasteiger charge is -2.60. The molecule has 6 heteroatoms. The molecular weight excluding hydrogens is 338 g/mol. The second-order valence-electron chi connectivity index (χ2n) is 9.36. The molecule has 1 aromatic carbocycles. The van der Waals surface area contributed by atoms with E-state index in [4.69, 9.17) is 0 Å². The minimum absolute atomic E-state index is 0.135. The number of carbonyl (C=O) groups is 1. The number of benzene rings is 1. The van der Waals surface area contributed by atoms with Crippen LogP contribution in [0.25, 0.3) is 0 Å². The third kappa shape index (κ3) is 2.60. The van der Waals surface area contributed by atoms with Crippen molar-refractivity contribution in [2.45, 2.75) is 64.8 Å². The number of rotatable bonds is 3. The van der Waals surface area contributed by atoms with Gasteiger partial charge in [-0.25, -0.2) is 0 Å². The summed E-state index contributed by atoms with van der Waals surface area (Å²) in [7, 11) is 0. The third-order valence-electron chi connectivity index (χ3n) is 7.09. The summed E-state index contributed by atoms with van der Waals surface area (Å²) < 4.78 is 0. The number of aryl methyl sites for hydroxylation is 3. The minimum Gasteiger partial charge on any atom is -0.325 e. The van der Waals surface area contributed by atoms with Crippen molar-refractivity contribution in [1.29, 1.82) is 0 Å². The van der Waals surface area contributed by atoms with Gasteiger partial charge in [-0.05, 0) is 93.5 Å². The second-order valence-corrected chi connectivity index (χ2v) is 9.36. The van der Waals surface area contributed by atoms with Crippen molar-refractivity contribution in [1.82, 2.24) is 20.2 Å². The van der Waals surface area contributed by atoms with E-state index in [1.54, 1.807) is 0 Å². The topological polar surface area (TPSA) is 72.7 Å². The molecule has 2 aromatic rings. The fourth-order valence-electron chi connectivity index (χ4n) is 6.32. The lowest BCUT2D eigenvalue weighted by atomic mass is 9.46. The maximum absolute atomic E-state index is 13.5. The molecule has 4 aliphatic carbocycles. The van der Waals surface area contributed by atoms with Crippen LogP contribution in [0.3, 0.4) is 0 Å². The number of aromatic nitrogens is 4. The van der Waals surface area contributed by atoms with E-state index in [2.05, 4.69) is 52.8 Å². The molecule has 4 fully saturated rings. The second kappa shape index (κ2) is 5.63. The smallest absolute Gasteiger partial charge is 0.230 e. The normalized spacial score (nSPS) is 34.0. The Hall–Kier alpha value is -2.24. The van der Waals surface area contributed by atoms with Crippen LogP contribution in [0.2, 0.25) is 0 Å². The summed E-state index contributed by atoms with van der Waals surface area (Å²) in [5.74, 6) is 2.06. The Kier molecular flexibility index (Phi) is 3.52. The predicted octanol–water partition coefficient (Wildman–Crippen LogP) is 3.53. The van der Waals surface area contributed by atoms with Crippen LogP contribution in [0.5, 0.6) is 0 Å². The number of hydrogen-bond donors (Lipinski definition) is 1. The molecule has 0 radical (unpaired) electrons. The molecule has 2 unspecified atom stereocenters. The first-order chi connectivity index (χ1) is 12.9. The fraction of sp³-hybridized carbons (Fsp3) is 0.619. The number of tetrazole rings is 1. The summed E-state index contributed by atoms with van der Waals surface area (Å²) in [6.45, 7) is 6.00. The Morgan fingerprint density at radius 3 is 2.56 bits per heavy atom. The van der Waals surface area contributed by atoms with E-state index in [-0.39, 0.29) is 16.9 Å². The molecule has 4 saturated carbocycles. The summed E-state index contributed by atoms with van der Waals surface area (Å²) in [4.78, 5) is 15.4. The van der Waals surface area contributed by atoms with Crippen LogP contribution in [0.15, 0.2) is 18.2 Å². The van der Waals surface area contributed by atoms with Gasteiger partial charge in [0.2, 0.25) is 5.91 Å². The largest absolute Gasteiger partial charge is 0.325 e. The first kappa shape index (κ1) is 16.9. The van der Waals surface area contributed by atoms with E-state index in [0.717, 1.165) is 43.4 Å². The Morgan fingerprint density at radius 1 is 1.15 bits per heavy atom. The standard InChI is InChI=1S/C21H27N5O/c1-13-4-5-14(2)18(6-13)22-19(27)20-8-16-7-17(9-20)11-21(10-16,12-20)26-24-15(3)23-25-26/h4-6,16-17H,7-12H2,1-3H3,(H,22,27). The molecule has 4 bridgehead atoms. The van der Waals surface area contributed by atoms with Gasteiger partial charge in [0.15, 0.2) is 5.82 Å². The van der Waals surface area contributed by atoms with E-state index < -0.39 is 0 Å². The Balaban J connectivity index is 1.48. The van der Waals surface area contributed by atoms with E-state index in [9.17, 15) is 4.79 Å². The summed E-state index contributed by atoms with van der Waals surface area (Å²) in [5, 5.41) is 16.3. The van der Waals surface area contributed by atoms with Crippen LogP contribution in [-0.2, 0) is 10.3 Å². The van der Waals surface area contributed by atoms with Gasteiger partial charge in [0, 0.05) is 5.69 Å². The van der Waals surface area contributed by atoms with E-state index in [0.29, 0.717) is 17.7 Å². The highest BCUT2D eigenvalue weighted by Gasteiger charge is 2.62. The highest BCUT2D eigenvalue weighted by Crippen LogP contribution is 2.64. The van der Waals surface area contributed by atoms with E-state index >= 15 is 0 Å². The molecular formula is C21H27N5O. The zero-order chi connectivity index (χ0) is 18.8. The summed E-state index contributed by atoms with van der Waals surface area (Å²) >= 11 is 0. The minimum atomic E-state index is -0.304. The highest BCUT2D eigenvalue weighted by molar-refractivity contribution is 5.96. The van der Waals surface area contributed by atoms with Crippen LogP contribution >= 0.6 is 0 Å². The fourth-order valence-corrected chi connectivity index (χ4v) is 6.32. The molecule has 4 aliphatic rings. The monoisotopic (exact) mass is 365 g/mol. The van der Waals surface area contributed by atoms with Gasteiger partial charge in [-0.3, -0.25) is 4.79 Å².